The Morgan fingerprint density at radius 3 is 1.91 bits per heavy atom. The summed E-state index contributed by atoms with van der Waals surface area (Å²) >= 11 is 0. The number of rotatable bonds is 9. The van der Waals surface area contributed by atoms with Crippen molar-refractivity contribution >= 4 is 23.7 Å². The number of carboxylic acid groups (broad SMARTS) is 1. The molecule has 0 unspecified atom stereocenters. The quantitative estimate of drug-likeness (QED) is 0.265. The van der Waals surface area contributed by atoms with Gasteiger partial charge in [-0.25, -0.2) is 4.79 Å². The average molecular weight is 332 g/mol. The van der Waals surface area contributed by atoms with Crippen LogP contribution in [0.15, 0.2) is 0 Å². The summed E-state index contributed by atoms with van der Waals surface area (Å²) in [6, 6.07) is -3.81. The van der Waals surface area contributed by atoms with Gasteiger partial charge in [-0.1, -0.05) is 13.8 Å². The van der Waals surface area contributed by atoms with Crippen LogP contribution in [0.5, 0.6) is 0 Å². The van der Waals surface area contributed by atoms with Gasteiger partial charge in [-0.2, -0.15) is 0 Å². The Labute approximate surface area is 133 Å². The Morgan fingerprint density at radius 1 is 1.04 bits per heavy atom. The lowest BCUT2D eigenvalue weighted by atomic mass is 10.0. The molecule has 0 heterocycles. The number of nitrogens with two attached hydrogens (primary N) is 2. The maximum Gasteiger partial charge on any atom is 0.326 e. The summed E-state index contributed by atoms with van der Waals surface area (Å²) in [7, 11) is 0. The minimum Gasteiger partial charge on any atom is -0.480 e. The molecule has 0 saturated carbocycles. The molecule has 0 aliphatic carbocycles. The van der Waals surface area contributed by atoms with Crippen LogP contribution in [0.3, 0.4) is 0 Å². The first-order chi connectivity index (χ1) is 10.5. The van der Waals surface area contributed by atoms with Gasteiger partial charge in [-0.05, 0) is 12.8 Å². The first-order valence-corrected chi connectivity index (χ1v) is 7.02. The molecule has 0 aliphatic rings. The molecule has 132 valence electrons. The maximum atomic E-state index is 12.2. The van der Waals surface area contributed by atoms with Gasteiger partial charge in [-0.15, -0.1) is 0 Å². The van der Waals surface area contributed by atoms with Gasteiger partial charge in [0, 0.05) is 0 Å². The van der Waals surface area contributed by atoms with Crippen molar-refractivity contribution in [2.45, 2.75) is 51.4 Å². The monoisotopic (exact) mass is 332 g/mol. The zero-order valence-electron chi connectivity index (χ0n) is 13.3. The molecular formula is C13H24N4O6. The molecule has 3 amide bonds. The fourth-order valence-corrected chi connectivity index (χ4v) is 1.67. The van der Waals surface area contributed by atoms with Crippen molar-refractivity contribution in [3.05, 3.63) is 0 Å². The minimum atomic E-state index is -1.50. The number of aliphatic carboxylic acids is 1. The highest BCUT2D eigenvalue weighted by Crippen LogP contribution is 2.04. The molecule has 0 fully saturated rings. The van der Waals surface area contributed by atoms with Gasteiger partial charge in [0.1, 0.15) is 18.1 Å². The highest BCUT2D eigenvalue weighted by atomic mass is 16.4. The van der Waals surface area contributed by atoms with Crippen LogP contribution in [0.1, 0.15) is 27.2 Å². The SMILES string of the molecule is CC(C)[C@@H](NC(=O)[C@@H](N)[C@@H](C)O)C(=O)N[C@@H](CC(N)=O)C(=O)O. The zero-order valence-corrected chi connectivity index (χ0v) is 13.3. The molecule has 0 radical (unpaired) electrons. The maximum absolute atomic E-state index is 12.2. The summed E-state index contributed by atoms with van der Waals surface area (Å²) in [5, 5.41) is 22.7. The van der Waals surface area contributed by atoms with E-state index in [1.165, 1.54) is 6.92 Å². The molecule has 0 aliphatic heterocycles. The topological polar surface area (TPSA) is 185 Å². The largest absolute Gasteiger partial charge is 0.480 e. The Hall–Kier alpha value is -2.20. The van der Waals surface area contributed by atoms with Crippen LogP contribution in [0.4, 0.5) is 0 Å². The van der Waals surface area contributed by atoms with Crippen LogP contribution in [0.25, 0.3) is 0 Å². The van der Waals surface area contributed by atoms with E-state index < -0.39 is 54.3 Å². The van der Waals surface area contributed by atoms with Crippen molar-refractivity contribution in [2.24, 2.45) is 17.4 Å². The number of primary amides is 1. The minimum absolute atomic E-state index is 0.386. The van der Waals surface area contributed by atoms with Crippen molar-refractivity contribution in [2.75, 3.05) is 0 Å². The number of carbonyl (C=O) groups excluding carboxylic acids is 3. The Morgan fingerprint density at radius 2 is 1.57 bits per heavy atom. The van der Waals surface area contributed by atoms with E-state index in [1.807, 2.05) is 0 Å². The number of aliphatic hydroxyl groups excluding tert-OH is 1. The van der Waals surface area contributed by atoms with Crippen LogP contribution in [-0.2, 0) is 19.2 Å². The fourth-order valence-electron chi connectivity index (χ4n) is 1.67. The van der Waals surface area contributed by atoms with Gasteiger partial charge in [0.2, 0.25) is 17.7 Å². The lowest BCUT2D eigenvalue weighted by Crippen LogP contribution is -2.58. The molecule has 10 heteroatoms. The Bertz CT molecular complexity index is 465. The third-order valence-corrected chi connectivity index (χ3v) is 3.09. The van der Waals surface area contributed by atoms with E-state index in [2.05, 4.69) is 10.6 Å². The molecule has 0 bridgehead atoms. The predicted octanol–water partition coefficient (Wildman–Crippen LogP) is -2.72. The van der Waals surface area contributed by atoms with Gasteiger partial charge in [-0.3, -0.25) is 14.4 Å². The normalized spacial score (nSPS) is 16.1. The van der Waals surface area contributed by atoms with Crippen molar-refractivity contribution in [3.8, 4) is 0 Å². The lowest BCUT2D eigenvalue weighted by molar-refractivity contribution is -0.144. The molecule has 4 atom stereocenters. The molecule has 23 heavy (non-hydrogen) atoms. The van der Waals surface area contributed by atoms with Gasteiger partial charge >= 0.3 is 5.97 Å². The number of carboxylic acids is 1. The summed E-state index contributed by atoms with van der Waals surface area (Å²) in [4.78, 5) is 45.9. The van der Waals surface area contributed by atoms with Crippen molar-refractivity contribution < 1.29 is 29.4 Å². The molecule has 0 aromatic rings. The molecule has 0 saturated heterocycles. The molecule has 0 spiro atoms. The second-order valence-electron chi connectivity index (χ2n) is 5.57. The third-order valence-electron chi connectivity index (χ3n) is 3.09. The second-order valence-corrected chi connectivity index (χ2v) is 5.57. The lowest BCUT2D eigenvalue weighted by Gasteiger charge is -2.25. The summed E-state index contributed by atoms with van der Waals surface area (Å²) in [5.41, 5.74) is 10.4. The standard InChI is InChI=1S/C13H24N4O6/c1-5(2)10(17-11(20)9(15)6(3)18)12(21)16-7(13(22)23)4-8(14)19/h5-7,9-10,18H,4,15H2,1-3H3,(H2,14,19)(H,16,21)(H,17,20)(H,22,23)/t6-,7+,9+,10-/m1/s1. The van der Waals surface area contributed by atoms with Crippen molar-refractivity contribution in [1.29, 1.82) is 0 Å². The number of carbonyl (C=O) groups is 4. The Kier molecular flexibility index (Phi) is 8.19. The molecule has 8 N–H and O–H groups in total. The first kappa shape index (κ1) is 20.8. The van der Waals surface area contributed by atoms with Crippen LogP contribution in [0.2, 0.25) is 0 Å². The van der Waals surface area contributed by atoms with E-state index in [-0.39, 0.29) is 5.92 Å². The van der Waals surface area contributed by atoms with Crippen LogP contribution in [-0.4, -0.2) is 58.1 Å². The van der Waals surface area contributed by atoms with Gasteiger partial charge in [0.05, 0.1) is 12.5 Å². The molecule has 0 aromatic carbocycles. The zero-order chi connectivity index (χ0) is 18.3. The van der Waals surface area contributed by atoms with Gasteiger partial charge < -0.3 is 32.3 Å². The summed E-state index contributed by atoms with van der Waals surface area (Å²) in [6.45, 7) is 4.58. The van der Waals surface area contributed by atoms with Crippen LogP contribution >= 0.6 is 0 Å². The van der Waals surface area contributed by atoms with E-state index >= 15 is 0 Å². The number of aliphatic hydroxyl groups is 1. The van der Waals surface area contributed by atoms with E-state index in [0.717, 1.165) is 0 Å². The molecule has 0 rings (SSSR count). The third kappa shape index (κ3) is 7.06. The highest BCUT2D eigenvalue weighted by molar-refractivity contribution is 5.93. The molecule has 0 aromatic heterocycles. The van der Waals surface area contributed by atoms with E-state index in [0.29, 0.717) is 0 Å². The predicted molar refractivity (Wildman–Crippen MR) is 79.8 cm³/mol. The smallest absolute Gasteiger partial charge is 0.326 e. The average Bonchev–Trinajstić information content (AvgIpc) is 2.41. The summed E-state index contributed by atoms with van der Waals surface area (Å²) in [5.74, 6) is -4.25. The number of nitrogens with one attached hydrogen (secondary N) is 2. The highest BCUT2D eigenvalue weighted by Gasteiger charge is 2.31. The van der Waals surface area contributed by atoms with Gasteiger partial charge in [0.15, 0.2) is 0 Å². The van der Waals surface area contributed by atoms with E-state index in [4.69, 9.17) is 16.6 Å². The van der Waals surface area contributed by atoms with Gasteiger partial charge in [0.25, 0.3) is 0 Å². The van der Waals surface area contributed by atoms with Crippen LogP contribution < -0.4 is 22.1 Å². The summed E-state index contributed by atoms with van der Waals surface area (Å²) in [6.07, 6.45) is -1.69. The molecular weight excluding hydrogens is 308 g/mol. The fraction of sp³-hybridized carbons (Fsp3) is 0.692. The number of hydrogen-bond donors (Lipinski definition) is 6. The first-order valence-electron chi connectivity index (χ1n) is 7.02. The van der Waals surface area contributed by atoms with Crippen molar-refractivity contribution in [1.82, 2.24) is 10.6 Å². The Balaban J connectivity index is 5.01. The van der Waals surface area contributed by atoms with E-state index in [9.17, 15) is 24.3 Å². The van der Waals surface area contributed by atoms with Crippen LogP contribution in [0, 0.1) is 5.92 Å². The van der Waals surface area contributed by atoms with Crippen molar-refractivity contribution in [3.63, 3.8) is 0 Å². The number of amides is 3. The number of hydrogen-bond acceptors (Lipinski definition) is 6. The second kappa shape index (κ2) is 9.06. The summed E-state index contributed by atoms with van der Waals surface area (Å²) < 4.78 is 0. The molecule has 10 nitrogen and oxygen atoms in total. The van der Waals surface area contributed by atoms with E-state index in [1.54, 1.807) is 13.8 Å².